The van der Waals surface area contributed by atoms with Gasteiger partial charge in [-0.3, -0.25) is 19.2 Å². The summed E-state index contributed by atoms with van der Waals surface area (Å²) in [4.78, 5) is 60.9. The summed E-state index contributed by atoms with van der Waals surface area (Å²) < 4.78 is 0. The number of amides is 4. The van der Waals surface area contributed by atoms with E-state index in [1.54, 1.807) is 30.3 Å². The lowest BCUT2D eigenvalue weighted by molar-refractivity contribution is -0.142. The monoisotopic (exact) mass is 478 g/mol. The van der Waals surface area contributed by atoms with Crippen molar-refractivity contribution in [3.05, 3.63) is 35.9 Å². The van der Waals surface area contributed by atoms with Crippen molar-refractivity contribution in [2.24, 2.45) is 17.2 Å². The molecule has 0 aliphatic heterocycles. The molecule has 0 aliphatic carbocycles. The first-order valence-electron chi connectivity index (χ1n) is 11.0. The van der Waals surface area contributed by atoms with Gasteiger partial charge in [-0.15, -0.1) is 0 Å². The Hall–Kier alpha value is -3.51. The summed E-state index contributed by atoms with van der Waals surface area (Å²) in [5.74, 6) is -4.37. The topological polar surface area (TPSA) is 220 Å². The number of aliphatic carboxylic acids is 1. The molecule has 0 heterocycles. The SMILES string of the molecule is C[C@H](N)C(=O)N[C@@H](CCCCN)C(=O)N[C@@H](CC(N)=O)C(=O)N[C@@H](Cc1ccccc1)C(=O)O. The van der Waals surface area contributed by atoms with Gasteiger partial charge in [0.25, 0.3) is 0 Å². The first kappa shape index (κ1) is 28.5. The Balaban J connectivity index is 2.97. The third-order valence-corrected chi connectivity index (χ3v) is 4.93. The fourth-order valence-electron chi connectivity index (χ4n) is 3.07. The van der Waals surface area contributed by atoms with E-state index in [4.69, 9.17) is 17.2 Å². The van der Waals surface area contributed by atoms with Crippen LogP contribution in [0.15, 0.2) is 30.3 Å². The van der Waals surface area contributed by atoms with Crippen LogP contribution >= 0.6 is 0 Å². The molecule has 34 heavy (non-hydrogen) atoms. The molecule has 12 nitrogen and oxygen atoms in total. The van der Waals surface area contributed by atoms with Gasteiger partial charge >= 0.3 is 5.97 Å². The van der Waals surface area contributed by atoms with E-state index >= 15 is 0 Å². The van der Waals surface area contributed by atoms with Gasteiger partial charge in [0, 0.05) is 6.42 Å². The minimum atomic E-state index is -1.44. The molecule has 1 aromatic rings. The fraction of sp³-hybridized carbons (Fsp3) is 0.500. The highest BCUT2D eigenvalue weighted by atomic mass is 16.4. The Morgan fingerprint density at radius 3 is 1.97 bits per heavy atom. The summed E-state index contributed by atoms with van der Waals surface area (Å²) in [5, 5.41) is 16.8. The molecule has 1 aromatic carbocycles. The van der Waals surface area contributed by atoms with Crippen LogP contribution in [0.1, 0.15) is 38.2 Å². The second kappa shape index (κ2) is 14.6. The van der Waals surface area contributed by atoms with Crippen LogP contribution < -0.4 is 33.2 Å². The number of carbonyl (C=O) groups excluding carboxylic acids is 4. The number of nitrogens with two attached hydrogens (primary N) is 3. The molecule has 4 amide bonds. The molecule has 0 saturated heterocycles. The standard InChI is InChI=1S/C22H34N6O6/c1-13(24)19(30)26-15(9-5-6-10-23)20(31)27-16(12-18(25)29)21(32)28-17(22(33)34)11-14-7-3-2-4-8-14/h2-4,7-8,13,15-17H,5-6,9-12,23-24H2,1H3,(H2,25,29)(H,26,30)(H,27,31)(H,28,32)(H,33,34)/t13-,15-,16-,17-/m0/s1. The summed E-state index contributed by atoms with van der Waals surface area (Å²) in [6.45, 7) is 1.84. The van der Waals surface area contributed by atoms with Crippen molar-refractivity contribution in [1.29, 1.82) is 0 Å². The zero-order chi connectivity index (χ0) is 25.7. The van der Waals surface area contributed by atoms with E-state index in [2.05, 4.69) is 16.0 Å². The van der Waals surface area contributed by atoms with E-state index in [1.165, 1.54) is 6.92 Å². The second-order valence-electron chi connectivity index (χ2n) is 7.96. The Labute approximate surface area is 198 Å². The molecule has 0 aromatic heterocycles. The lowest BCUT2D eigenvalue weighted by atomic mass is 10.0. The molecule has 1 rings (SSSR count). The quantitative estimate of drug-likeness (QED) is 0.141. The fourth-order valence-corrected chi connectivity index (χ4v) is 3.07. The van der Waals surface area contributed by atoms with Gasteiger partial charge in [-0.25, -0.2) is 4.79 Å². The molecule has 0 spiro atoms. The van der Waals surface area contributed by atoms with Crippen molar-refractivity contribution in [2.45, 2.75) is 63.2 Å². The van der Waals surface area contributed by atoms with Gasteiger partial charge in [-0.1, -0.05) is 30.3 Å². The predicted octanol–water partition coefficient (Wildman–Crippen LogP) is -1.88. The van der Waals surface area contributed by atoms with Crippen LogP contribution in [0.2, 0.25) is 0 Å². The van der Waals surface area contributed by atoms with Crippen LogP contribution in [-0.4, -0.2) is 65.4 Å². The maximum absolute atomic E-state index is 12.9. The predicted molar refractivity (Wildman–Crippen MR) is 124 cm³/mol. The van der Waals surface area contributed by atoms with Crippen LogP contribution in [0.3, 0.4) is 0 Å². The molecule has 0 fully saturated rings. The average Bonchev–Trinajstić information content (AvgIpc) is 2.77. The average molecular weight is 479 g/mol. The molecule has 10 N–H and O–H groups in total. The van der Waals surface area contributed by atoms with Crippen molar-refractivity contribution in [3.63, 3.8) is 0 Å². The van der Waals surface area contributed by atoms with Crippen molar-refractivity contribution in [1.82, 2.24) is 16.0 Å². The molecular formula is C22H34N6O6. The summed E-state index contributed by atoms with van der Waals surface area (Å²) >= 11 is 0. The number of hydrogen-bond acceptors (Lipinski definition) is 7. The molecule has 12 heteroatoms. The van der Waals surface area contributed by atoms with E-state index in [1.807, 2.05) is 0 Å². The van der Waals surface area contributed by atoms with Gasteiger partial charge in [-0.05, 0) is 38.3 Å². The van der Waals surface area contributed by atoms with Crippen LogP contribution in [0.5, 0.6) is 0 Å². The van der Waals surface area contributed by atoms with Crippen molar-refractivity contribution in [3.8, 4) is 0 Å². The van der Waals surface area contributed by atoms with Gasteiger partial charge in [0.15, 0.2) is 0 Å². The normalized spacial score (nSPS) is 14.2. The van der Waals surface area contributed by atoms with Crippen LogP contribution in [-0.2, 0) is 30.4 Å². The second-order valence-corrected chi connectivity index (χ2v) is 7.96. The first-order chi connectivity index (χ1) is 16.0. The van der Waals surface area contributed by atoms with Crippen LogP contribution in [0, 0.1) is 0 Å². The van der Waals surface area contributed by atoms with Gasteiger partial charge in [-0.2, -0.15) is 0 Å². The Morgan fingerprint density at radius 2 is 1.44 bits per heavy atom. The lowest BCUT2D eigenvalue weighted by Gasteiger charge is -2.24. The van der Waals surface area contributed by atoms with E-state index in [9.17, 15) is 29.1 Å². The van der Waals surface area contributed by atoms with E-state index in [-0.39, 0.29) is 12.8 Å². The summed E-state index contributed by atoms with van der Waals surface area (Å²) in [6.07, 6.45) is 0.761. The largest absolute Gasteiger partial charge is 0.480 e. The summed E-state index contributed by atoms with van der Waals surface area (Å²) in [6, 6.07) is 3.99. The highest BCUT2D eigenvalue weighted by Crippen LogP contribution is 2.06. The number of carboxylic acids is 1. The molecule has 0 aliphatic rings. The van der Waals surface area contributed by atoms with Crippen molar-refractivity contribution < 1.29 is 29.1 Å². The molecule has 188 valence electrons. The Morgan fingerprint density at radius 1 is 0.882 bits per heavy atom. The van der Waals surface area contributed by atoms with Crippen LogP contribution in [0.4, 0.5) is 0 Å². The zero-order valence-electron chi connectivity index (χ0n) is 19.2. The van der Waals surface area contributed by atoms with Crippen LogP contribution in [0.25, 0.3) is 0 Å². The smallest absolute Gasteiger partial charge is 0.326 e. The maximum Gasteiger partial charge on any atom is 0.326 e. The Bertz CT molecular complexity index is 848. The molecule has 0 bridgehead atoms. The number of hydrogen-bond donors (Lipinski definition) is 7. The number of primary amides is 1. The van der Waals surface area contributed by atoms with E-state index in [0.29, 0.717) is 24.9 Å². The van der Waals surface area contributed by atoms with Gasteiger partial charge in [0.1, 0.15) is 18.1 Å². The molecule has 4 atom stereocenters. The van der Waals surface area contributed by atoms with Gasteiger partial charge in [0.2, 0.25) is 23.6 Å². The third-order valence-electron chi connectivity index (χ3n) is 4.93. The third kappa shape index (κ3) is 10.4. The first-order valence-corrected chi connectivity index (χ1v) is 11.0. The number of carbonyl (C=O) groups is 5. The number of carboxylic acid groups (broad SMARTS) is 1. The maximum atomic E-state index is 12.9. The van der Waals surface area contributed by atoms with E-state index in [0.717, 1.165) is 0 Å². The van der Waals surface area contributed by atoms with Gasteiger partial charge < -0.3 is 38.3 Å². The zero-order valence-corrected chi connectivity index (χ0v) is 19.2. The molecular weight excluding hydrogens is 444 g/mol. The minimum Gasteiger partial charge on any atom is -0.480 e. The lowest BCUT2D eigenvalue weighted by Crippen LogP contribution is -2.57. The highest BCUT2D eigenvalue weighted by molar-refractivity contribution is 5.96. The number of benzene rings is 1. The molecule has 0 radical (unpaired) electrons. The Kier molecular flexibility index (Phi) is 12.2. The van der Waals surface area contributed by atoms with Gasteiger partial charge in [0.05, 0.1) is 12.5 Å². The van der Waals surface area contributed by atoms with Crippen molar-refractivity contribution >= 4 is 29.6 Å². The summed E-state index contributed by atoms with van der Waals surface area (Å²) in [7, 11) is 0. The highest BCUT2D eigenvalue weighted by Gasteiger charge is 2.30. The molecule has 0 unspecified atom stereocenters. The number of nitrogens with one attached hydrogen (secondary N) is 3. The number of rotatable bonds is 15. The minimum absolute atomic E-state index is 0.00862. The van der Waals surface area contributed by atoms with E-state index < -0.39 is 60.2 Å². The summed E-state index contributed by atoms with van der Waals surface area (Å²) in [5.41, 5.74) is 16.9. The number of unbranched alkanes of at least 4 members (excludes halogenated alkanes) is 1. The molecule has 0 saturated carbocycles. The van der Waals surface area contributed by atoms with Crippen molar-refractivity contribution in [2.75, 3.05) is 6.54 Å².